The largest absolute Gasteiger partial charge is 0.416 e. The van der Waals surface area contributed by atoms with Gasteiger partial charge in [0.1, 0.15) is 6.61 Å². The number of nitrogens with one attached hydrogen (secondary N) is 1. The third kappa shape index (κ3) is 5.91. The molecule has 0 atom stereocenters. The van der Waals surface area contributed by atoms with Crippen LogP contribution in [-0.4, -0.2) is 47.3 Å². The SMILES string of the molecule is CNC(=O)COC1(c2cc(Cl)ccc2C)CCN(Cc2cnn(-c3cccc(C(F)(F)F)c3)c2)CC1. The Kier molecular flexibility index (Phi) is 7.73. The van der Waals surface area contributed by atoms with Gasteiger partial charge in [-0.2, -0.15) is 18.3 Å². The van der Waals surface area contributed by atoms with Crippen molar-refractivity contribution >= 4 is 17.5 Å². The molecule has 0 radical (unpaired) electrons. The molecule has 192 valence electrons. The normalized spacial score (nSPS) is 16.2. The zero-order valence-electron chi connectivity index (χ0n) is 20.1. The average Bonchev–Trinajstić information content (AvgIpc) is 3.33. The number of aryl methyl sites for hydroxylation is 1. The molecule has 1 aromatic heterocycles. The molecule has 1 saturated heterocycles. The highest BCUT2D eigenvalue weighted by molar-refractivity contribution is 6.30. The van der Waals surface area contributed by atoms with Crippen molar-refractivity contribution in [3.63, 3.8) is 0 Å². The van der Waals surface area contributed by atoms with Crippen LogP contribution in [0.1, 0.15) is 35.1 Å². The zero-order chi connectivity index (χ0) is 25.9. The van der Waals surface area contributed by atoms with Crippen LogP contribution in [-0.2, 0) is 27.9 Å². The molecule has 36 heavy (non-hydrogen) atoms. The number of halogens is 4. The second-order valence-electron chi connectivity index (χ2n) is 9.03. The highest BCUT2D eigenvalue weighted by Crippen LogP contribution is 2.40. The maximum Gasteiger partial charge on any atom is 0.416 e. The number of ether oxygens (including phenoxy) is 1. The van der Waals surface area contributed by atoms with Gasteiger partial charge in [0, 0.05) is 43.5 Å². The van der Waals surface area contributed by atoms with Crippen LogP contribution in [0.25, 0.3) is 5.69 Å². The lowest BCUT2D eigenvalue weighted by Crippen LogP contribution is -2.45. The molecular weight excluding hydrogens is 493 g/mol. The first-order chi connectivity index (χ1) is 17.1. The molecule has 0 bridgehead atoms. The fraction of sp³-hybridized carbons (Fsp3) is 0.385. The number of likely N-dealkylation sites (tertiary alicyclic amines) is 1. The van der Waals surface area contributed by atoms with Gasteiger partial charge in [-0.15, -0.1) is 0 Å². The number of hydrogen-bond donors (Lipinski definition) is 1. The molecule has 6 nitrogen and oxygen atoms in total. The van der Waals surface area contributed by atoms with Gasteiger partial charge < -0.3 is 10.1 Å². The van der Waals surface area contributed by atoms with Gasteiger partial charge in [-0.05, 0) is 61.2 Å². The first kappa shape index (κ1) is 26.2. The average molecular weight is 521 g/mol. The van der Waals surface area contributed by atoms with Gasteiger partial charge in [0.2, 0.25) is 5.91 Å². The Balaban J connectivity index is 1.47. The van der Waals surface area contributed by atoms with Gasteiger partial charge in [0.05, 0.1) is 23.0 Å². The monoisotopic (exact) mass is 520 g/mol. The number of carbonyl (C=O) groups is 1. The molecule has 0 aliphatic carbocycles. The Morgan fingerprint density at radius 2 is 1.94 bits per heavy atom. The summed E-state index contributed by atoms with van der Waals surface area (Å²) in [6, 6.07) is 10.8. The molecule has 0 unspecified atom stereocenters. The van der Waals surface area contributed by atoms with Gasteiger partial charge in [-0.3, -0.25) is 9.69 Å². The molecule has 2 heterocycles. The van der Waals surface area contributed by atoms with Gasteiger partial charge in [0.25, 0.3) is 0 Å². The van der Waals surface area contributed by atoms with Crippen molar-refractivity contribution in [2.45, 2.75) is 38.1 Å². The van der Waals surface area contributed by atoms with Crippen LogP contribution in [0.2, 0.25) is 5.02 Å². The van der Waals surface area contributed by atoms with Crippen molar-refractivity contribution in [1.82, 2.24) is 20.0 Å². The Labute approximate surface area is 213 Å². The lowest BCUT2D eigenvalue weighted by atomic mass is 9.81. The predicted octanol–water partition coefficient (Wildman–Crippen LogP) is 5.11. The van der Waals surface area contributed by atoms with Crippen molar-refractivity contribution in [2.24, 2.45) is 0 Å². The van der Waals surface area contributed by atoms with Crippen LogP contribution in [0.5, 0.6) is 0 Å². The van der Waals surface area contributed by atoms with E-state index in [1.54, 1.807) is 25.5 Å². The van der Waals surface area contributed by atoms with Crippen molar-refractivity contribution in [1.29, 1.82) is 0 Å². The number of piperidine rings is 1. The number of aromatic nitrogens is 2. The molecule has 0 saturated carbocycles. The molecule has 0 spiro atoms. The number of hydrogen-bond acceptors (Lipinski definition) is 4. The summed E-state index contributed by atoms with van der Waals surface area (Å²) >= 11 is 6.29. The quantitative estimate of drug-likeness (QED) is 0.470. The highest BCUT2D eigenvalue weighted by Gasteiger charge is 2.39. The van der Waals surface area contributed by atoms with E-state index < -0.39 is 17.3 Å². The summed E-state index contributed by atoms with van der Waals surface area (Å²) in [5.41, 5.74) is 1.93. The van der Waals surface area contributed by atoms with Crippen LogP contribution in [0, 0.1) is 6.92 Å². The lowest BCUT2D eigenvalue weighted by molar-refractivity contribution is -0.139. The molecule has 1 amide bonds. The van der Waals surface area contributed by atoms with E-state index in [0.717, 1.165) is 28.8 Å². The number of carbonyl (C=O) groups excluding carboxylic acids is 1. The minimum atomic E-state index is -4.41. The number of nitrogens with zero attached hydrogens (tertiary/aromatic N) is 3. The van der Waals surface area contributed by atoms with E-state index in [4.69, 9.17) is 16.3 Å². The fourth-order valence-corrected chi connectivity index (χ4v) is 4.76. The molecule has 1 aliphatic heterocycles. The van der Waals surface area contributed by atoms with Crippen LogP contribution in [0.3, 0.4) is 0 Å². The van der Waals surface area contributed by atoms with Crippen molar-refractivity contribution in [3.05, 3.63) is 82.1 Å². The Bertz CT molecular complexity index is 1220. The number of rotatable bonds is 7. The van der Waals surface area contributed by atoms with Crippen LogP contribution in [0.4, 0.5) is 13.2 Å². The molecule has 4 rings (SSSR count). The molecule has 3 aromatic rings. The van der Waals surface area contributed by atoms with Gasteiger partial charge in [-0.1, -0.05) is 23.7 Å². The first-order valence-corrected chi connectivity index (χ1v) is 12.0. The predicted molar refractivity (Wildman–Crippen MR) is 131 cm³/mol. The third-order valence-corrected chi connectivity index (χ3v) is 6.83. The van der Waals surface area contributed by atoms with Gasteiger partial charge >= 0.3 is 6.18 Å². The Morgan fingerprint density at radius 3 is 2.64 bits per heavy atom. The molecule has 1 fully saturated rings. The molecule has 1 aliphatic rings. The van der Waals surface area contributed by atoms with Crippen molar-refractivity contribution in [2.75, 3.05) is 26.7 Å². The summed E-state index contributed by atoms with van der Waals surface area (Å²) in [6.07, 6.45) is 0.333. The van der Waals surface area contributed by atoms with E-state index in [0.29, 0.717) is 43.2 Å². The zero-order valence-corrected chi connectivity index (χ0v) is 20.9. The van der Waals surface area contributed by atoms with E-state index >= 15 is 0 Å². The number of alkyl halides is 3. The second kappa shape index (κ2) is 10.6. The van der Waals surface area contributed by atoms with Crippen LogP contribution >= 0.6 is 11.6 Å². The molecule has 10 heteroatoms. The minimum Gasteiger partial charge on any atom is -0.360 e. The summed E-state index contributed by atoms with van der Waals surface area (Å²) in [6.45, 7) is 3.96. The van der Waals surface area contributed by atoms with E-state index in [1.807, 2.05) is 25.1 Å². The van der Waals surface area contributed by atoms with Crippen molar-refractivity contribution < 1.29 is 22.7 Å². The number of likely N-dealkylation sites (N-methyl/N-ethyl adjacent to an activating group) is 1. The smallest absolute Gasteiger partial charge is 0.360 e. The van der Waals surface area contributed by atoms with Crippen molar-refractivity contribution in [3.8, 4) is 5.69 Å². The van der Waals surface area contributed by atoms with Crippen LogP contribution < -0.4 is 5.32 Å². The summed E-state index contributed by atoms with van der Waals surface area (Å²) in [4.78, 5) is 14.2. The van der Waals surface area contributed by atoms with Crippen LogP contribution in [0.15, 0.2) is 54.9 Å². The summed E-state index contributed by atoms with van der Waals surface area (Å²) < 4.78 is 46.9. The maximum absolute atomic E-state index is 13.1. The Hall–Kier alpha value is -2.88. The van der Waals surface area contributed by atoms with E-state index in [9.17, 15) is 18.0 Å². The fourth-order valence-electron chi connectivity index (χ4n) is 4.59. The molecular formula is C26H28ClF3N4O2. The number of benzene rings is 2. The minimum absolute atomic E-state index is 0.0494. The second-order valence-corrected chi connectivity index (χ2v) is 9.47. The van der Waals surface area contributed by atoms with Gasteiger partial charge in [0.15, 0.2) is 0 Å². The molecule has 2 aromatic carbocycles. The summed E-state index contributed by atoms with van der Waals surface area (Å²) in [7, 11) is 1.57. The molecule has 1 N–H and O–H groups in total. The number of amides is 1. The third-order valence-electron chi connectivity index (χ3n) is 6.59. The summed E-state index contributed by atoms with van der Waals surface area (Å²) in [5.74, 6) is -0.196. The van der Waals surface area contributed by atoms with Gasteiger partial charge in [-0.25, -0.2) is 4.68 Å². The first-order valence-electron chi connectivity index (χ1n) is 11.6. The summed E-state index contributed by atoms with van der Waals surface area (Å²) in [5, 5.41) is 7.48. The topological polar surface area (TPSA) is 59.4 Å². The maximum atomic E-state index is 13.1. The lowest BCUT2D eigenvalue weighted by Gasteiger charge is -2.42. The van der Waals surface area contributed by atoms with E-state index in [1.165, 1.54) is 10.7 Å². The Morgan fingerprint density at radius 1 is 1.19 bits per heavy atom. The standard InChI is InChI=1S/C26H28ClF3N4O2/c1-18-6-7-21(27)13-23(18)25(36-17-24(35)31-2)8-10-33(11-9-25)15-19-14-32-34(16-19)22-5-3-4-20(12-22)26(28,29)30/h3-7,12-14,16H,8-11,15,17H2,1-2H3,(H,31,35). The van der Waals surface area contributed by atoms with E-state index in [2.05, 4.69) is 15.3 Å². The van der Waals surface area contributed by atoms with E-state index in [-0.39, 0.29) is 12.5 Å². The highest BCUT2D eigenvalue weighted by atomic mass is 35.5.